The molecular formula is C16H28N4S. The van der Waals surface area contributed by atoms with Crippen LogP contribution in [0.1, 0.15) is 48.2 Å². The van der Waals surface area contributed by atoms with E-state index in [0.717, 1.165) is 25.6 Å². The van der Waals surface area contributed by atoms with Crippen LogP contribution < -0.4 is 5.32 Å². The molecule has 2 fully saturated rings. The molecule has 1 saturated heterocycles. The van der Waals surface area contributed by atoms with Crippen LogP contribution in [0, 0.1) is 0 Å². The molecule has 1 aliphatic heterocycles. The van der Waals surface area contributed by atoms with Gasteiger partial charge in [0.1, 0.15) is 5.01 Å². The van der Waals surface area contributed by atoms with Gasteiger partial charge in [-0.15, -0.1) is 11.3 Å². The molecule has 4 nitrogen and oxygen atoms in total. The predicted octanol–water partition coefficient (Wildman–Crippen LogP) is 2.27. The van der Waals surface area contributed by atoms with Gasteiger partial charge in [0.2, 0.25) is 0 Å². The molecular weight excluding hydrogens is 280 g/mol. The number of thiazole rings is 1. The van der Waals surface area contributed by atoms with Gasteiger partial charge in [0.05, 0.1) is 12.2 Å². The zero-order valence-corrected chi connectivity index (χ0v) is 14.2. The summed E-state index contributed by atoms with van der Waals surface area (Å²) >= 11 is 1.94. The van der Waals surface area contributed by atoms with Crippen LogP contribution in [0.15, 0.2) is 0 Å². The number of nitrogens with zero attached hydrogens (tertiary/aromatic N) is 3. The van der Waals surface area contributed by atoms with Gasteiger partial charge in [-0.05, 0) is 25.9 Å². The van der Waals surface area contributed by atoms with E-state index in [4.69, 9.17) is 4.98 Å². The zero-order chi connectivity index (χ0) is 14.7. The highest BCUT2D eigenvalue weighted by Gasteiger charge is 2.29. The first-order valence-electron chi connectivity index (χ1n) is 8.44. The summed E-state index contributed by atoms with van der Waals surface area (Å²) in [5.41, 5.74) is 1.41. The van der Waals surface area contributed by atoms with Gasteiger partial charge < -0.3 is 10.2 Å². The van der Waals surface area contributed by atoms with Crippen molar-refractivity contribution in [3.05, 3.63) is 15.6 Å². The molecule has 2 heterocycles. The summed E-state index contributed by atoms with van der Waals surface area (Å²) in [6.45, 7) is 13.5. The number of hydrogen-bond acceptors (Lipinski definition) is 5. The largest absolute Gasteiger partial charge is 0.312 e. The van der Waals surface area contributed by atoms with Crippen LogP contribution in [0.4, 0.5) is 0 Å². The lowest BCUT2D eigenvalue weighted by atomic mass is 10.2. The summed E-state index contributed by atoms with van der Waals surface area (Å²) in [5.74, 6) is 0.764. The van der Waals surface area contributed by atoms with Crippen LogP contribution in [0.5, 0.6) is 0 Å². The Bertz CT molecular complexity index is 447. The van der Waals surface area contributed by atoms with Crippen molar-refractivity contribution in [1.82, 2.24) is 20.1 Å². The van der Waals surface area contributed by atoms with Crippen LogP contribution in [-0.2, 0) is 13.1 Å². The number of piperazine rings is 1. The molecule has 0 amide bonds. The average Bonchev–Trinajstić information content (AvgIpc) is 3.28. The highest BCUT2D eigenvalue weighted by atomic mass is 32.1. The van der Waals surface area contributed by atoms with Gasteiger partial charge in [0, 0.05) is 43.5 Å². The Kier molecular flexibility index (Phi) is 5.27. The van der Waals surface area contributed by atoms with E-state index in [2.05, 4.69) is 29.0 Å². The van der Waals surface area contributed by atoms with Crippen LogP contribution in [-0.4, -0.2) is 54.1 Å². The first-order chi connectivity index (χ1) is 10.3. The van der Waals surface area contributed by atoms with Gasteiger partial charge in [-0.2, -0.15) is 0 Å². The molecule has 0 aromatic carbocycles. The maximum Gasteiger partial charge on any atom is 0.107 e. The highest BCUT2D eigenvalue weighted by Crippen LogP contribution is 2.42. The van der Waals surface area contributed by atoms with E-state index in [9.17, 15) is 0 Å². The van der Waals surface area contributed by atoms with Crippen LogP contribution in [0.3, 0.4) is 0 Å². The SMILES string of the molecule is CCNCc1sc(CN2CCN(CC)CC2)nc1C1CC1. The molecule has 1 aliphatic carbocycles. The van der Waals surface area contributed by atoms with E-state index >= 15 is 0 Å². The molecule has 2 aliphatic rings. The van der Waals surface area contributed by atoms with Gasteiger partial charge in [-0.3, -0.25) is 4.90 Å². The van der Waals surface area contributed by atoms with Gasteiger partial charge in [0.25, 0.3) is 0 Å². The molecule has 0 radical (unpaired) electrons. The van der Waals surface area contributed by atoms with E-state index in [-0.39, 0.29) is 0 Å². The summed E-state index contributed by atoms with van der Waals surface area (Å²) in [5, 5.41) is 4.80. The first kappa shape index (κ1) is 15.4. The minimum atomic E-state index is 0.764. The smallest absolute Gasteiger partial charge is 0.107 e. The van der Waals surface area contributed by atoms with E-state index in [1.165, 1.54) is 61.1 Å². The Morgan fingerprint density at radius 1 is 1.14 bits per heavy atom. The van der Waals surface area contributed by atoms with Gasteiger partial charge >= 0.3 is 0 Å². The fraction of sp³-hybridized carbons (Fsp3) is 0.812. The summed E-state index contributed by atoms with van der Waals surface area (Å²) in [6.07, 6.45) is 2.69. The summed E-state index contributed by atoms with van der Waals surface area (Å²) in [6, 6.07) is 0. The maximum absolute atomic E-state index is 4.98. The third-order valence-electron chi connectivity index (χ3n) is 4.54. The number of aromatic nitrogens is 1. The van der Waals surface area contributed by atoms with Crippen LogP contribution in [0.25, 0.3) is 0 Å². The molecule has 0 atom stereocenters. The van der Waals surface area contributed by atoms with Crippen molar-refractivity contribution in [3.8, 4) is 0 Å². The third kappa shape index (κ3) is 4.03. The second-order valence-electron chi connectivity index (χ2n) is 6.18. The lowest BCUT2D eigenvalue weighted by Gasteiger charge is -2.33. The number of rotatable bonds is 7. The molecule has 1 N–H and O–H groups in total. The number of nitrogens with one attached hydrogen (secondary N) is 1. The number of hydrogen-bond donors (Lipinski definition) is 1. The van der Waals surface area contributed by atoms with Crippen molar-refractivity contribution >= 4 is 11.3 Å². The molecule has 0 bridgehead atoms. The molecule has 118 valence electrons. The second-order valence-corrected chi connectivity index (χ2v) is 7.35. The molecule has 1 aromatic heterocycles. The normalized spacial score (nSPS) is 21.0. The lowest BCUT2D eigenvalue weighted by molar-refractivity contribution is 0.132. The van der Waals surface area contributed by atoms with Crippen molar-refractivity contribution in [3.63, 3.8) is 0 Å². The Labute approximate surface area is 132 Å². The third-order valence-corrected chi connectivity index (χ3v) is 5.60. The Morgan fingerprint density at radius 2 is 1.86 bits per heavy atom. The molecule has 3 rings (SSSR count). The Balaban J connectivity index is 1.60. The van der Waals surface area contributed by atoms with Gasteiger partial charge in [0.15, 0.2) is 0 Å². The van der Waals surface area contributed by atoms with Crippen molar-refractivity contribution in [2.24, 2.45) is 0 Å². The molecule has 5 heteroatoms. The molecule has 0 spiro atoms. The minimum absolute atomic E-state index is 0.764. The van der Waals surface area contributed by atoms with E-state index < -0.39 is 0 Å². The standard InChI is InChI=1S/C16H28N4S/c1-3-17-11-14-16(13-5-6-13)18-15(21-14)12-20-9-7-19(4-2)8-10-20/h13,17H,3-12H2,1-2H3. The number of likely N-dealkylation sites (N-methyl/N-ethyl adjacent to an activating group) is 1. The van der Waals surface area contributed by atoms with Gasteiger partial charge in [-0.25, -0.2) is 4.98 Å². The minimum Gasteiger partial charge on any atom is -0.312 e. The molecule has 21 heavy (non-hydrogen) atoms. The second kappa shape index (κ2) is 7.18. The predicted molar refractivity (Wildman–Crippen MR) is 88.9 cm³/mol. The molecule has 0 unspecified atom stereocenters. The quantitative estimate of drug-likeness (QED) is 0.837. The summed E-state index contributed by atoms with van der Waals surface area (Å²) in [7, 11) is 0. The van der Waals surface area contributed by atoms with Crippen LogP contribution >= 0.6 is 11.3 Å². The molecule has 1 aromatic rings. The average molecular weight is 308 g/mol. The van der Waals surface area contributed by atoms with Crippen molar-refractivity contribution < 1.29 is 0 Å². The lowest BCUT2D eigenvalue weighted by Crippen LogP contribution is -2.45. The van der Waals surface area contributed by atoms with E-state index in [0.29, 0.717) is 0 Å². The van der Waals surface area contributed by atoms with E-state index in [1.807, 2.05) is 11.3 Å². The van der Waals surface area contributed by atoms with Gasteiger partial charge in [-0.1, -0.05) is 13.8 Å². The fourth-order valence-electron chi connectivity index (χ4n) is 2.98. The Morgan fingerprint density at radius 3 is 2.48 bits per heavy atom. The fourth-order valence-corrected chi connectivity index (χ4v) is 4.14. The van der Waals surface area contributed by atoms with E-state index in [1.54, 1.807) is 0 Å². The maximum atomic E-state index is 4.98. The summed E-state index contributed by atoms with van der Waals surface area (Å²) in [4.78, 5) is 11.6. The van der Waals surface area contributed by atoms with Crippen molar-refractivity contribution in [1.29, 1.82) is 0 Å². The molecule has 1 saturated carbocycles. The highest BCUT2D eigenvalue weighted by molar-refractivity contribution is 7.11. The topological polar surface area (TPSA) is 31.4 Å². The van der Waals surface area contributed by atoms with Crippen molar-refractivity contribution in [2.75, 3.05) is 39.3 Å². The van der Waals surface area contributed by atoms with Crippen molar-refractivity contribution in [2.45, 2.75) is 45.7 Å². The summed E-state index contributed by atoms with van der Waals surface area (Å²) < 4.78 is 0. The monoisotopic (exact) mass is 308 g/mol. The zero-order valence-electron chi connectivity index (χ0n) is 13.4. The Hall–Kier alpha value is -0.490. The van der Waals surface area contributed by atoms with Crippen LogP contribution in [0.2, 0.25) is 0 Å². The first-order valence-corrected chi connectivity index (χ1v) is 9.25.